The van der Waals surface area contributed by atoms with Crippen molar-refractivity contribution in [3.8, 4) is 11.3 Å². The molecule has 2 aromatic carbocycles. The normalized spacial score (nSPS) is 10.8. The van der Waals surface area contributed by atoms with Gasteiger partial charge in [0.05, 0.1) is 16.6 Å². The third-order valence-corrected chi connectivity index (χ3v) is 3.16. The maximum Gasteiger partial charge on any atom is 0.336 e. The third kappa shape index (κ3) is 2.23. The Bertz CT molecular complexity index is 848. The number of aromatic nitrogens is 1. The molecule has 0 bridgehead atoms. The predicted molar refractivity (Wildman–Crippen MR) is 74.1 cm³/mol. The summed E-state index contributed by atoms with van der Waals surface area (Å²) in [4.78, 5) is 15.4. The molecule has 1 aromatic heterocycles. The number of nitrogens with zero attached hydrogens (tertiary/aromatic N) is 1. The molecule has 0 amide bonds. The highest BCUT2D eigenvalue weighted by Gasteiger charge is 2.18. The van der Waals surface area contributed by atoms with Crippen molar-refractivity contribution in [3.63, 3.8) is 0 Å². The van der Waals surface area contributed by atoms with Crippen LogP contribution in [0.5, 0.6) is 0 Å². The summed E-state index contributed by atoms with van der Waals surface area (Å²) in [5.74, 6) is -2.90. The highest BCUT2D eigenvalue weighted by Crippen LogP contribution is 2.28. The van der Waals surface area contributed by atoms with Crippen LogP contribution in [0.4, 0.5) is 8.78 Å². The van der Waals surface area contributed by atoms with Crippen molar-refractivity contribution in [2.45, 2.75) is 0 Å². The number of aromatic carboxylic acids is 1. The Balaban J connectivity index is 2.41. The first-order valence-corrected chi connectivity index (χ1v) is 6.15. The summed E-state index contributed by atoms with van der Waals surface area (Å²) >= 11 is 0. The average Bonchev–Trinajstić information content (AvgIpc) is 2.51. The monoisotopic (exact) mass is 285 g/mol. The number of carboxylic acids is 1. The Hall–Kier alpha value is -2.82. The summed E-state index contributed by atoms with van der Waals surface area (Å²) in [6, 6.07) is 11.8. The fourth-order valence-electron chi connectivity index (χ4n) is 2.19. The van der Waals surface area contributed by atoms with Crippen molar-refractivity contribution in [1.82, 2.24) is 4.98 Å². The van der Waals surface area contributed by atoms with Gasteiger partial charge >= 0.3 is 5.97 Å². The van der Waals surface area contributed by atoms with Crippen molar-refractivity contribution >= 4 is 16.9 Å². The SMILES string of the molecule is O=C(O)c1cc(-c2ccccc2)nc2c(F)ccc(F)c12. The number of pyridine rings is 1. The lowest BCUT2D eigenvalue weighted by atomic mass is 10.0. The quantitative estimate of drug-likeness (QED) is 0.777. The number of hydrogen-bond acceptors (Lipinski definition) is 2. The van der Waals surface area contributed by atoms with Gasteiger partial charge in [0, 0.05) is 5.56 Å². The van der Waals surface area contributed by atoms with Crippen molar-refractivity contribution in [2.24, 2.45) is 0 Å². The lowest BCUT2D eigenvalue weighted by Crippen LogP contribution is -2.03. The molecule has 0 radical (unpaired) electrons. The number of carboxylic acid groups (broad SMARTS) is 1. The third-order valence-electron chi connectivity index (χ3n) is 3.16. The fraction of sp³-hybridized carbons (Fsp3) is 0. The topological polar surface area (TPSA) is 50.2 Å². The molecule has 3 rings (SSSR count). The van der Waals surface area contributed by atoms with Crippen LogP contribution in [0.15, 0.2) is 48.5 Å². The van der Waals surface area contributed by atoms with E-state index in [0.29, 0.717) is 5.56 Å². The van der Waals surface area contributed by atoms with Gasteiger partial charge in [0.25, 0.3) is 0 Å². The van der Waals surface area contributed by atoms with Crippen molar-refractivity contribution in [3.05, 3.63) is 65.7 Å². The van der Waals surface area contributed by atoms with E-state index in [4.69, 9.17) is 0 Å². The van der Waals surface area contributed by atoms with Crippen LogP contribution in [-0.4, -0.2) is 16.1 Å². The van der Waals surface area contributed by atoms with Gasteiger partial charge in [-0.2, -0.15) is 0 Å². The Morgan fingerprint density at radius 1 is 1.00 bits per heavy atom. The molecular weight excluding hydrogens is 276 g/mol. The molecule has 104 valence electrons. The molecule has 0 atom stereocenters. The maximum absolute atomic E-state index is 13.9. The maximum atomic E-state index is 13.9. The van der Waals surface area contributed by atoms with Crippen LogP contribution in [0.3, 0.4) is 0 Å². The van der Waals surface area contributed by atoms with Gasteiger partial charge in [-0.25, -0.2) is 18.6 Å². The molecule has 0 aliphatic rings. The number of benzene rings is 2. The summed E-state index contributed by atoms with van der Waals surface area (Å²) in [6.07, 6.45) is 0. The fourth-order valence-corrected chi connectivity index (χ4v) is 2.19. The number of fused-ring (bicyclic) bond motifs is 1. The van der Waals surface area contributed by atoms with Crippen LogP contribution in [-0.2, 0) is 0 Å². The molecule has 0 saturated carbocycles. The van der Waals surface area contributed by atoms with Gasteiger partial charge in [-0.1, -0.05) is 30.3 Å². The highest BCUT2D eigenvalue weighted by atomic mass is 19.1. The van der Waals surface area contributed by atoms with Crippen LogP contribution in [0.25, 0.3) is 22.2 Å². The molecule has 1 heterocycles. The van der Waals surface area contributed by atoms with Gasteiger partial charge in [-0.3, -0.25) is 0 Å². The van der Waals surface area contributed by atoms with Gasteiger partial charge in [0.1, 0.15) is 17.2 Å². The average molecular weight is 285 g/mol. The lowest BCUT2D eigenvalue weighted by molar-refractivity contribution is 0.0698. The van der Waals surface area contributed by atoms with Crippen molar-refractivity contribution in [2.75, 3.05) is 0 Å². The minimum Gasteiger partial charge on any atom is -0.478 e. The van der Waals surface area contributed by atoms with Crippen LogP contribution in [0.1, 0.15) is 10.4 Å². The van der Waals surface area contributed by atoms with E-state index in [0.717, 1.165) is 12.1 Å². The van der Waals surface area contributed by atoms with E-state index in [2.05, 4.69) is 4.98 Å². The second-order valence-corrected chi connectivity index (χ2v) is 4.48. The van der Waals surface area contributed by atoms with Crippen LogP contribution >= 0.6 is 0 Å². The predicted octanol–water partition coefficient (Wildman–Crippen LogP) is 3.88. The Labute approximate surface area is 118 Å². The van der Waals surface area contributed by atoms with E-state index < -0.39 is 17.6 Å². The zero-order valence-electron chi connectivity index (χ0n) is 10.7. The number of hydrogen-bond donors (Lipinski definition) is 1. The van der Waals surface area contributed by atoms with E-state index in [9.17, 15) is 18.7 Å². The van der Waals surface area contributed by atoms with Gasteiger partial charge in [-0.15, -0.1) is 0 Å². The standard InChI is InChI=1S/C16H9F2NO2/c17-11-6-7-12(18)15-14(11)10(16(20)21)8-13(19-15)9-4-2-1-3-5-9/h1-8H,(H,20,21). The highest BCUT2D eigenvalue weighted by molar-refractivity contribution is 6.04. The lowest BCUT2D eigenvalue weighted by Gasteiger charge is -2.08. The van der Waals surface area contributed by atoms with Crippen molar-refractivity contribution in [1.29, 1.82) is 0 Å². The second kappa shape index (κ2) is 4.94. The van der Waals surface area contributed by atoms with Gasteiger partial charge in [-0.05, 0) is 18.2 Å². The van der Waals surface area contributed by atoms with Crippen LogP contribution in [0, 0.1) is 11.6 Å². The summed E-state index contributed by atoms with van der Waals surface area (Å²) < 4.78 is 27.7. The van der Waals surface area contributed by atoms with E-state index in [-0.39, 0.29) is 22.2 Å². The van der Waals surface area contributed by atoms with Gasteiger partial charge in [0.2, 0.25) is 0 Å². The molecule has 21 heavy (non-hydrogen) atoms. The minimum atomic E-state index is -1.33. The van der Waals surface area contributed by atoms with Crippen LogP contribution in [0.2, 0.25) is 0 Å². The summed E-state index contributed by atoms with van der Waals surface area (Å²) in [5.41, 5.74) is 0.320. The summed E-state index contributed by atoms with van der Waals surface area (Å²) in [6.45, 7) is 0. The van der Waals surface area contributed by atoms with E-state index in [1.54, 1.807) is 30.3 Å². The first-order valence-electron chi connectivity index (χ1n) is 6.15. The van der Waals surface area contributed by atoms with Gasteiger partial charge < -0.3 is 5.11 Å². The van der Waals surface area contributed by atoms with Crippen LogP contribution < -0.4 is 0 Å². The largest absolute Gasteiger partial charge is 0.478 e. The zero-order chi connectivity index (χ0) is 15.0. The molecule has 3 aromatic rings. The Kier molecular flexibility index (Phi) is 3.10. The molecule has 5 heteroatoms. The number of rotatable bonds is 2. The molecular formula is C16H9F2NO2. The van der Waals surface area contributed by atoms with E-state index in [1.165, 1.54) is 6.07 Å². The van der Waals surface area contributed by atoms with E-state index in [1.807, 2.05) is 0 Å². The first-order chi connectivity index (χ1) is 10.1. The van der Waals surface area contributed by atoms with Gasteiger partial charge in [0.15, 0.2) is 0 Å². The molecule has 0 spiro atoms. The van der Waals surface area contributed by atoms with Crippen molar-refractivity contribution < 1.29 is 18.7 Å². The molecule has 1 N–H and O–H groups in total. The zero-order valence-corrected chi connectivity index (χ0v) is 10.7. The minimum absolute atomic E-state index is 0.282. The molecule has 0 aliphatic carbocycles. The number of halogens is 2. The Morgan fingerprint density at radius 2 is 1.67 bits per heavy atom. The summed E-state index contributed by atoms with van der Waals surface area (Å²) in [7, 11) is 0. The Morgan fingerprint density at radius 3 is 2.33 bits per heavy atom. The molecule has 3 nitrogen and oxygen atoms in total. The molecule has 0 saturated heterocycles. The molecule has 0 aliphatic heterocycles. The smallest absolute Gasteiger partial charge is 0.336 e. The molecule has 0 unspecified atom stereocenters. The molecule has 0 fully saturated rings. The van der Waals surface area contributed by atoms with E-state index >= 15 is 0 Å². The second-order valence-electron chi connectivity index (χ2n) is 4.48. The summed E-state index contributed by atoms with van der Waals surface area (Å²) in [5, 5.41) is 8.94. The number of carbonyl (C=O) groups is 1. The first kappa shape index (κ1) is 13.2.